The van der Waals surface area contributed by atoms with E-state index in [1.807, 2.05) is 0 Å². The van der Waals surface area contributed by atoms with Gasteiger partial charge in [-0.1, -0.05) is 25.8 Å². The van der Waals surface area contributed by atoms with E-state index in [1.54, 1.807) is 6.92 Å². The molecule has 0 aromatic rings. The highest BCUT2D eigenvalue weighted by Crippen LogP contribution is 2.29. The predicted octanol–water partition coefficient (Wildman–Crippen LogP) is 2.30. The highest BCUT2D eigenvalue weighted by molar-refractivity contribution is 5.86. The summed E-state index contributed by atoms with van der Waals surface area (Å²) in [5.41, 5.74) is 0.489. The third-order valence-corrected chi connectivity index (χ3v) is 2.33. The minimum atomic E-state index is -0.255. The van der Waals surface area contributed by atoms with Gasteiger partial charge in [-0.3, -0.25) is 0 Å². The summed E-state index contributed by atoms with van der Waals surface area (Å²) in [4.78, 5) is 10.9. The molecule has 0 unspecified atom stereocenters. The van der Waals surface area contributed by atoms with Crippen molar-refractivity contribution in [2.45, 2.75) is 32.6 Å². The standard InChI is InChI=1S/C10H16O2/c1-8(2)10(11)12-7-6-9-4-3-5-9/h9H,1,3-7H2,2H3. The highest BCUT2D eigenvalue weighted by Gasteiger charge is 2.17. The van der Waals surface area contributed by atoms with E-state index in [0.717, 1.165) is 12.3 Å². The number of hydrogen-bond donors (Lipinski definition) is 0. The third kappa shape index (κ3) is 2.68. The molecule has 68 valence electrons. The second-order valence-electron chi connectivity index (χ2n) is 3.50. The summed E-state index contributed by atoms with van der Waals surface area (Å²) in [5.74, 6) is 0.553. The van der Waals surface area contributed by atoms with Gasteiger partial charge in [0, 0.05) is 5.57 Å². The average Bonchev–Trinajstić information content (AvgIpc) is 1.93. The predicted molar refractivity (Wildman–Crippen MR) is 47.7 cm³/mol. The fourth-order valence-electron chi connectivity index (χ4n) is 1.22. The number of rotatable bonds is 4. The Morgan fingerprint density at radius 3 is 2.67 bits per heavy atom. The van der Waals surface area contributed by atoms with Gasteiger partial charge in [0.25, 0.3) is 0 Å². The molecule has 1 aliphatic rings. The van der Waals surface area contributed by atoms with Gasteiger partial charge in [-0.15, -0.1) is 0 Å². The van der Waals surface area contributed by atoms with Gasteiger partial charge in [-0.25, -0.2) is 4.79 Å². The van der Waals surface area contributed by atoms with Crippen molar-refractivity contribution in [3.05, 3.63) is 12.2 Å². The molecule has 0 aromatic carbocycles. The molecule has 0 radical (unpaired) electrons. The van der Waals surface area contributed by atoms with Crippen LogP contribution in [0.1, 0.15) is 32.6 Å². The Hall–Kier alpha value is -0.790. The highest BCUT2D eigenvalue weighted by atomic mass is 16.5. The Morgan fingerprint density at radius 1 is 1.58 bits per heavy atom. The minimum Gasteiger partial charge on any atom is -0.462 e. The Labute approximate surface area is 73.6 Å². The van der Waals surface area contributed by atoms with Crippen molar-refractivity contribution in [2.24, 2.45) is 5.92 Å². The van der Waals surface area contributed by atoms with Crippen LogP contribution in [0.4, 0.5) is 0 Å². The summed E-state index contributed by atoms with van der Waals surface area (Å²) in [6, 6.07) is 0. The summed E-state index contributed by atoms with van der Waals surface area (Å²) in [5, 5.41) is 0. The van der Waals surface area contributed by atoms with Gasteiger partial charge in [0.1, 0.15) is 0 Å². The second-order valence-corrected chi connectivity index (χ2v) is 3.50. The third-order valence-electron chi connectivity index (χ3n) is 2.33. The van der Waals surface area contributed by atoms with E-state index in [1.165, 1.54) is 19.3 Å². The van der Waals surface area contributed by atoms with Crippen LogP contribution in [0.3, 0.4) is 0 Å². The number of esters is 1. The normalized spacial score (nSPS) is 16.8. The van der Waals surface area contributed by atoms with Crippen LogP contribution >= 0.6 is 0 Å². The summed E-state index contributed by atoms with van der Waals surface area (Å²) in [6.07, 6.45) is 4.99. The van der Waals surface area contributed by atoms with Crippen LogP contribution < -0.4 is 0 Å². The van der Waals surface area contributed by atoms with Crippen LogP contribution in [0.15, 0.2) is 12.2 Å². The van der Waals surface area contributed by atoms with Crippen molar-refractivity contribution in [3.8, 4) is 0 Å². The van der Waals surface area contributed by atoms with E-state index in [0.29, 0.717) is 12.2 Å². The van der Waals surface area contributed by atoms with Gasteiger partial charge in [0.05, 0.1) is 6.61 Å². The van der Waals surface area contributed by atoms with Crippen LogP contribution in [0.2, 0.25) is 0 Å². The van der Waals surface area contributed by atoms with Gasteiger partial charge < -0.3 is 4.74 Å². The van der Waals surface area contributed by atoms with Gasteiger partial charge in [-0.2, -0.15) is 0 Å². The largest absolute Gasteiger partial charge is 0.462 e. The molecule has 1 fully saturated rings. The molecule has 0 heterocycles. The van der Waals surface area contributed by atoms with Crippen molar-refractivity contribution >= 4 is 5.97 Å². The van der Waals surface area contributed by atoms with Crippen molar-refractivity contribution in [1.29, 1.82) is 0 Å². The van der Waals surface area contributed by atoms with Crippen molar-refractivity contribution in [1.82, 2.24) is 0 Å². The van der Waals surface area contributed by atoms with Gasteiger partial charge in [-0.05, 0) is 19.3 Å². The fourth-order valence-corrected chi connectivity index (χ4v) is 1.22. The van der Waals surface area contributed by atoms with Gasteiger partial charge >= 0.3 is 5.97 Å². The second kappa shape index (κ2) is 4.29. The SMILES string of the molecule is C=C(C)C(=O)OCCC1CCC1. The molecule has 1 saturated carbocycles. The van der Waals surface area contributed by atoms with Crippen LogP contribution in [-0.2, 0) is 9.53 Å². The Balaban J connectivity index is 2.01. The van der Waals surface area contributed by atoms with E-state index in [-0.39, 0.29) is 5.97 Å². The first-order valence-corrected chi connectivity index (χ1v) is 4.53. The maximum absolute atomic E-state index is 10.9. The lowest BCUT2D eigenvalue weighted by Crippen LogP contribution is -2.15. The van der Waals surface area contributed by atoms with Crippen molar-refractivity contribution in [3.63, 3.8) is 0 Å². The molecular weight excluding hydrogens is 152 g/mol. The van der Waals surface area contributed by atoms with Crippen molar-refractivity contribution in [2.75, 3.05) is 6.61 Å². The van der Waals surface area contributed by atoms with E-state index in [4.69, 9.17) is 4.74 Å². The molecule has 2 heteroatoms. The van der Waals surface area contributed by atoms with E-state index in [9.17, 15) is 4.79 Å². The summed E-state index contributed by atoms with van der Waals surface area (Å²) in [6.45, 7) is 5.75. The van der Waals surface area contributed by atoms with Gasteiger partial charge in [0.2, 0.25) is 0 Å². The van der Waals surface area contributed by atoms with E-state index < -0.39 is 0 Å². The van der Waals surface area contributed by atoms with Gasteiger partial charge in [0.15, 0.2) is 0 Å². The van der Waals surface area contributed by atoms with Crippen LogP contribution in [0.25, 0.3) is 0 Å². The zero-order valence-electron chi connectivity index (χ0n) is 7.64. The maximum atomic E-state index is 10.9. The molecule has 0 bridgehead atoms. The minimum absolute atomic E-state index is 0.255. The molecule has 0 aliphatic heterocycles. The molecule has 0 aromatic heterocycles. The molecule has 0 atom stereocenters. The first-order chi connectivity index (χ1) is 5.70. The number of carbonyl (C=O) groups is 1. The molecule has 1 rings (SSSR count). The molecule has 0 saturated heterocycles. The molecule has 1 aliphatic carbocycles. The Bertz CT molecular complexity index is 180. The summed E-state index contributed by atoms with van der Waals surface area (Å²) < 4.78 is 4.97. The molecule has 0 N–H and O–H groups in total. The van der Waals surface area contributed by atoms with Crippen LogP contribution in [-0.4, -0.2) is 12.6 Å². The van der Waals surface area contributed by atoms with Crippen LogP contribution in [0, 0.1) is 5.92 Å². The number of carbonyl (C=O) groups excluding carboxylic acids is 1. The summed E-state index contributed by atoms with van der Waals surface area (Å²) >= 11 is 0. The first kappa shape index (κ1) is 9.30. The van der Waals surface area contributed by atoms with Crippen molar-refractivity contribution < 1.29 is 9.53 Å². The molecule has 0 amide bonds. The maximum Gasteiger partial charge on any atom is 0.333 e. The quantitative estimate of drug-likeness (QED) is 0.475. The summed E-state index contributed by atoms with van der Waals surface area (Å²) in [7, 11) is 0. The average molecular weight is 168 g/mol. The zero-order valence-corrected chi connectivity index (χ0v) is 7.64. The fraction of sp³-hybridized carbons (Fsp3) is 0.700. The van der Waals surface area contributed by atoms with E-state index in [2.05, 4.69) is 6.58 Å². The molecule has 12 heavy (non-hydrogen) atoms. The topological polar surface area (TPSA) is 26.3 Å². The van der Waals surface area contributed by atoms with E-state index >= 15 is 0 Å². The molecule has 0 spiro atoms. The smallest absolute Gasteiger partial charge is 0.333 e. The molecular formula is C10H16O2. The number of ether oxygens (including phenoxy) is 1. The van der Waals surface area contributed by atoms with Crippen LogP contribution in [0.5, 0.6) is 0 Å². The zero-order chi connectivity index (χ0) is 8.97. The molecule has 2 nitrogen and oxygen atoms in total. The lowest BCUT2D eigenvalue weighted by molar-refractivity contribution is -0.139. The monoisotopic (exact) mass is 168 g/mol. The Kier molecular flexibility index (Phi) is 3.32. The Morgan fingerprint density at radius 2 is 2.25 bits per heavy atom. The number of hydrogen-bond acceptors (Lipinski definition) is 2. The lowest BCUT2D eigenvalue weighted by atomic mass is 9.83. The first-order valence-electron chi connectivity index (χ1n) is 4.53. The lowest BCUT2D eigenvalue weighted by Gasteiger charge is -2.24.